The molecule has 0 bridgehead atoms. The average molecular weight is 274 g/mol. The Kier molecular flexibility index (Phi) is 4.03. The van der Waals surface area contributed by atoms with Gasteiger partial charge in [-0.1, -0.05) is 18.2 Å². The predicted octanol–water partition coefficient (Wildman–Crippen LogP) is 2.11. The van der Waals surface area contributed by atoms with E-state index in [4.69, 9.17) is 4.74 Å². The van der Waals surface area contributed by atoms with Crippen LogP contribution in [0, 0.1) is 5.92 Å². The minimum atomic E-state index is 0.0305. The van der Waals surface area contributed by atoms with E-state index in [1.165, 1.54) is 5.56 Å². The van der Waals surface area contributed by atoms with Gasteiger partial charge in [0, 0.05) is 24.9 Å². The summed E-state index contributed by atoms with van der Waals surface area (Å²) in [7, 11) is 1.98. The Morgan fingerprint density at radius 2 is 2.20 bits per heavy atom. The second kappa shape index (κ2) is 5.94. The van der Waals surface area contributed by atoms with Crippen molar-refractivity contribution >= 4 is 11.6 Å². The van der Waals surface area contributed by atoms with Crippen molar-refractivity contribution < 1.29 is 9.53 Å². The molecule has 4 nitrogen and oxygen atoms in total. The molecule has 20 heavy (non-hydrogen) atoms. The van der Waals surface area contributed by atoms with Gasteiger partial charge in [-0.15, -0.1) is 0 Å². The van der Waals surface area contributed by atoms with Gasteiger partial charge in [-0.3, -0.25) is 4.79 Å². The molecule has 1 N–H and O–H groups in total. The fourth-order valence-corrected chi connectivity index (χ4v) is 3.25. The van der Waals surface area contributed by atoms with E-state index in [0.717, 1.165) is 38.1 Å². The lowest BCUT2D eigenvalue weighted by atomic mass is 9.93. The molecule has 2 unspecified atom stereocenters. The van der Waals surface area contributed by atoms with Crippen molar-refractivity contribution in [3.05, 3.63) is 29.8 Å². The summed E-state index contributed by atoms with van der Waals surface area (Å²) in [5.41, 5.74) is 2.29. The third-order valence-corrected chi connectivity index (χ3v) is 4.37. The minimum Gasteiger partial charge on any atom is -0.381 e. The molecule has 0 saturated carbocycles. The molecule has 1 aromatic carbocycles. The number of fused-ring (bicyclic) bond motifs is 1. The molecule has 1 amide bonds. The van der Waals surface area contributed by atoms with Crippen molar-refractivity contribution in [3.8, 4) is 0 Å². The third kappa shape index (κ3) is 2.45. The fourth-order valence-electron chi connectivity index (χ4n) is 3.25. The fraction of sp³-hybridized carbons (Fsp3) is 0.562. The van der Waals surface area contributed by atoms with Gasteiger partial charge in [-0.25, -0.2) is 0 Å². The van der Waals surface area contributed by atoms with Crippen LogP contribution in [-0.2, 0) is 9.53 Å². The first-order chi connectivity index (χ1) is 9.81. The summed E-state index contributed by atoms with van der Waals surface area (Å²) >= 11 is 0. The van der Waals surface area contributed by atoms with E-state index in [-0.39, 0.29) is 11.8 Å². The van der Waals surface area contributed by atoms with E-state index in [9.17, 15) is 4.79 Å². The van der Waals surface area contributed by atoms with E-state index < -0.39 is 0 Å². The summed E-state index contributed by atoms with van der Waals surface area (Å²) in [5, 5.41) is 3.34. The number of ether oxygens (including phenoxy) is 1. The van der Waals surface area contributed by atoms with Gasteiger partial charge in [0.2, 0.25) is 5.91 Å². The first-order valence-corrected chi connectivity index (χ1v) is 7.46. The van der Waals surface area contributed by atoms with Crippen molar-refractivity contribution in [2.75, 3.05) is 31.7 Å². The number of hydrogen-bond donors (Lipinski definition) is 1. The maximum atomic E-state index is 12.7. The standard InChI is InChI=1S/C16H22N2O2/c1-17-14-8-9-18(15-7-3-2-6-13(14)15)16(19)12-5-4-10-20-11-12/h2-3,6-7,12,14,17H,4-5,8-11H2,1H3. The Balaban J connectivity index is 1.85. The van der Waals surface area contributed by atoms with Gasteiger partial charge in [-0.05, 0) is 37.9 Å². The van der Waals surface area contributed by atoms with Crippen molar-refractivity contribution in [1.82, 2.24) is 5.32 Å². The number of amides is 1. The summed E-state index contributed by atoms with van der Waals surface area (Å²) in [6.07, 6.45) is 2.91. The van der Waals surface area contributed by atoms with Gasteiger partial charge >= 0.3 is 0 Å². The Bertz CT molecular complexity index is 483. The lowest BCUT2D eigenvalue weighted by molar-refractivity contribution is -0.126. The highest BCUT2D eigenvalue weighted by molar-refractivity contribution is 5.96. The van der Waals surface area contributed by atoms with Gasteiger partial charge in [-0.2, -0.15) is 0 Å². The second-order valence-electron chi connectivity index (χ2n) is 5.59. The maximum Gasteiger partial charge on any atom is 0.232 e. The van der Waals surface area contributed by atoms with Crippen LogP contribution in [0.25, 0.3) is 0 Å². The molecule has 2 aliphatic rings. The molecule has 2 heterocycles. The largest absolute Gasteiger partial charge is 0.381 e. The number of benzene rings is 1. The lowest BCUT2D eigenvalue weighted by Gasteiger charge is -2.36. The van der Waals surface area contributed by atoms with E-state index >= 15 is 0 Å². The van der Waals surface area contributed by atoms with Gasteiger partial charge < -0.3 is 15.0 Å². The van der Waals surface area contributed by atoms with Crippen LogP contribution in [0.15, 0.2) is 24.3 Å². The second-order valence-corrected chi connectivity index (χ2v) is 5.59. The van der Waals surface area contributed by atoms with Crippen LogP contribution in [0.2, 0.25) is 0 Å². The van der Waals surface area contributed by atoms with Crippen LogP contribution in [-0.4, -0.2) is 32.7 Å². The number of carbonyl (C=O) groups is 1. The molecule has 0 radical (unpaired) electrons. The molecule has 2 atom stereocenters. The molecule has 2 aliphatic heterocycles. The normalized spacial score (nSPS) is 26.1. The Morgan fingerprint density at radius 3 is 2.95 bits per heavy atom. The SMILES string of the molecule is CNC1CCN(C(=O)C2CCCOC2)c2ccccc21. The number of rotatable bonds is 2. The zero-order valence-electron chi connectivity index (χ0n) is 12.0. The molecule has 1 saturated heterocycles. The van der Waals surface area contributed by atoms with Crippen LogP contribution in [0.1, 0.15) is 30.9 Å². The van der Waals surface area contributed by atoms with E-state index in [1.807, 2.05) is 24.1 Å². The molecule has 108 valence electrons. The number of nitrogens with zero attached hydrogens (tertiary/aromatic N) is 1. The Hall–Kier alpha value is -1.39. The van der Waals surface area contributed by atoms with Gasteiger partial charge in [0.05, 0.1) is 12.5 Å². The number of anilines is 1. The van der Waals surface area contributed by atoms with Crippen molar-refractivity contribution in [2.45, 2.75) is 25.3 Å². The van der Waals surface area contributed by atoms with Crippen molar-refractivity contribution in [3.63, 3.8) is 0 Å². The molecular weight excluding hydrogens is 252 g/mol. The van der Waals surface area contributed by atoms with Crippen LogP contribution >= 0.6 is 0 Å². The van der Waals surface area contributed by atoms with Gasteiger partial charge in [0.15, 0.2) is 0 Å². The van der Waals surface area contributed by atoms with Gasteiger partial charge in [0.25, 0.3) is 0 Å². The monoisotopic (exact) mass is 274 g/mol. The summed E-state index contributed by atoms with van der Waals surface area (Å²) in [6.45, 7) is 2.16. The first kappa shape index (κ1) is 13.6. The van der Waals surface area contributed by atoms with E-state index in [0.29, 0.717) is 12.6 Å². The highest BCUT2D eigenvalue weighted by Gasteiger charge is 2.32. The number of carbonyl (C=O) groups excluding carboxylic acids is 1. The highest BCUT2D eigenvalue weighted by atomic mass is 16.5. The molecule has 4 heteroatoms. The van der Waals surface area contributed by atoms with E-state index in [1.54, 1.807) is 0 Å². The van der Waals surface area contributed by atoms with Crippen LogP contribution in [0.3, 0.4) is 0 Å². The van der Waals surface area contributed by atoms with Crippen molar-refractivity contribution in [1.29, 1.82) is 0 Å². The maximum absolute atomic E-state index is 12.7. The Labute approximate surface area is 120 Å². The molecular formula is C16H22N2O2. The smallest absolute Gasteiger partial charge is 0.232 e. The van der Waals surface area contributed by atoms with Gasteiger partial charge in [0.1, 0.15) is 0 Å². The van der Waals surface area contributed by atoms with Crippen LogP contribution in [0.5, 0.6) is 0 Å². The number of nitrogens with one attached hydrogen (secondary N) is 1. The molecule has 0 aromatic heterocycles. The summed E-state index contributed by atoms with van der Waals surface area (Å²) in [5.74, 6) is 0.259. The molecule has 0 aliphatic carbocycles. The average Bonchev–Trinajstić information content (AvgIpc) is 2.54. The first-order valence-electron chi connectivity index (χ1n) is 7.46. The number of para-hydroxylation sites is 1. The van der Waals surface area contributed by atoms with Crippen LogP contribution < -0.4 is 10.2 Å². The molecule has 3 rings (SSSR count). The highest BCUT2D eigenvalue weighted by Crippen LogP contribution is 2.34. The molecule has 0 spiro atoms. The molecule has 1 fully saturated rings. The quantitative estimate of drug-likeness (QED) is 0.898. The zero-order valence-corrected chi connectivity index (χ0v) is 12.0. The predicted molar refractivity (Wildman–Crippen MR) is 78.8 cm³/mol. The third-order valence-electron chi connectivity index (χ3n) is 4.37. The summed E-state index contributed by atoms with van der Waals surface area (Å²) in [4.78, 5) is 14.7. The number of hydrogen-bond acceptors (Lipinski definition) is 3. The topological polar surface area (TPSA) is 41.6 Å². The summed E-state index contributed by atoms with van der Waals surface area (Å²) < 4.78 is 5.46. The zero-order chi connectivity index (χ0) is 13.9. The van der Waals surface area contributed by atoms with Crippen molar-refractivity contribution in [2.24, 2.45) is 5.92 Å². The van der Waals surface area contributed by atoms with E-state index in [2.05, 4.69) is 17.4 Å². The molecule has 1 aromatic rings. The van der Waals surface area contributed by atoms with Crippen LogP contribution in [0.4, 0.5) is 5.69 Å². The summed E-state index contributed by atoms with van der Waals surface area (Å²) in [6, 6.07) is 8.57. The lowest BCUT2D eigenvalue weighted by Crippen LogP contribution is -2.44. The Morgan fingerprint density at radius 1 is 1.35 bits per heavy atom. The minimum absolute atomic E-state index is 0.0305.